The van der Waals surface area contributed by atoms with Crippen molar-refractivity contribution in [3.8, 4) is 0 Å². The van der Waals surface area contributed by atoms with Gasteiger partial charge in [0.1, 0.15) is 5.37 Å². The Labute approximate surface area is 120 Å². The number of aliphatic carboxylic acids is 1. The summed E-state index contributed by atoms with van der Waals surface area (Å²) in [4.78, 5) is 24.4. The summed E-state index contributed by atoms with van der Waals surface area (Å²) in [5.74, 6) is -0.938. The first-order chi connectivity index (χ1) is 9.00. The van der Waals surface area contributed by atoms with Crippen molar-refractivity contribution >= 4 is 35.2 Å². The largest absolute Gasteiger partial charge is 0.481 e. The van der Waals surface area contributed by atoms with Gasteiger partial charge in [0.05, 0.1) is 11.7 Å². The monoisotopic (exact) mass is 299 g/mol. The minimum atomic E-state index is -0.907. The number of hydrogen-bond donors (Lipinski definition) is 1. The van der Waals surface area contributed by atoms with Gasteiger partial charge in [0.15, 0.2) is 0 Å². The molecule has 0 saturated carbocycles. The summed E-state index contributed by atoms with van der Waals surface area (Å²) in [5, 5.41) is 9.00. The van der Waals surface area contributed by atoms with Gasteiger partial charge in [0, 0.05) is 17.1 Å². The van der Waals surface area contributed by atoms with Gasteiger partial charge >= 0.3 is 5.97 Å². The van der Waals surface area contributed by atoms with E-state index in [-0.39, 0.29) is 29.5 Å². The number of amides is 1. The Kier molecular flexibility index (Phi) is 4.37. The van der Waals surface area contributed by atoms with Crippen LogP contribution in [0.5, 0.6) is 0 Å². The van der Waals surface area contributed by atoms with E-state index in [1.807, 2.05) is 25.1 Å². The first-order valence-corrected chi connectivity index (χ1v) is 7.25. The molecule has 19 heavy (non-hydrogen) atoms. The fraction of sp³-hybridized carbons (Fsp3) is 0.385. The number of carbonyl (C=O) groups excluding carboxylic acids is 1. The summed E-state index contributed by atoms with van der Waals surface area (Å²) in [7, 11) is 0. The first kappa shape index (κ1) is 14.2. The number of thioether (sulfide) groups is 1. The Hall–Kier alpha value is -1.20. The maximum atomic E-state index is 12.1. The lowest BCUT2D eigenvalue weighted by molar-refractivity contribution is -0.138. The summed E-state index contributed by atoms with van der Waals surface area (Å²) < 4.78 is 0. The van der Waals surface area contributed by atoms with E-state index in [0.717, 1.165) is 5.56 Å². The zero-order valence-corrected chi connectivity index (χ0v) is 11.9. The summed E-state index contributed by atoms with van der Waals surface area (Å²) in [6, 6.07) is 7.35. The maximum absolute atomic E-state index is 12.1. The number of carboxylic acids is 1. The number of benzene rings is 1. The van der Waals surface area contributed by atoms with Crippen LogP contribution in [-0.4, -0.2) is 33.7 Å². The van der Waals surface area contributed by atoms with Crippen LogP contribution in [0.1, 0.15) is 24.3 Å². The van der Waals surface area contributed by atoms with Crippen LogP contribution in [0.15, 0.2) is 24.3 Å². The Morgan fingerprint density at radius 3 is 2.79 bits per heavy atom. The smallest absolute Gasteiger partial charge is 0.305 e. The summed E-state index contributed by atoms with van der Waals surface area (Å²) >= 11 is 7.66. The second-order valence-corrected chi connectivity index (χ2v) is 6.16. The highest BCUT2D eigenvalue weighted by Crippen LogP contribution is 2.44. The van der Waals surface area contributed by atoms with Gasteiger partial charge in [-0.3, -0.25) is 9.59 Å². The van der Waals surface area contributed by atoms with Crippen molar-refractivity contribution in [2.45, 2.75) is 24.0 Å². The van der Waals surface area contributed by atoms with E-state index in [1.54, 1.807) is 11.0 Å². The van der Waals surface area contributed by atoms with Crippen molar-refractivity contribution in [1.82, 2.24) is 4.90 Å². The van der Waals surface area contributed by atoms with Crippen LogP contribution in [-0.2, 0) is 9.59 Å². The number of halogens is 1. The molecule has 0 bridgehead atoms. The average Bonchev–Trinajstić information content (AvgIpc) is 2.64. The van der Waals surface area contributed by atoms with Gasteiger partial charge in [-0.15, -0.1) is 11.8 Å². The minimum absolute atomic E-state index is 0.0313. The highest BCUT2D eigenvalue weighted by molar-refractivity contribution is 8.01. The number of nitrogens with zero attached hydrogens (tertiary/aromatic N) is 1. The lowest BCUT2D eigenvalue weighted by Crippen LogP contribution is -2.32. The van der Waals surface area contributed by atoms with Crippen molar-refractivity contribution in [3.05, 3.63) is 34.9 Å². The molecule has 0 radical (unpaired) electrons. The predicted octanol–water partition coefficient (Wildman–Crippen LogP) is 2.78. The van der Waals surface area contributed by atoms with Crippen LogP contribution in [0.2, 0.25) is 5.02 Å². The molecule has 1 heterocycles. The third-order valence-electron chi connectivity index (χ3n) is 2.98. The summed E-state index contributed by atoms with van der Waals surface area (Å²) in [6.07, 6.45) is -0.0556. The van der Waals surface area contributed by atoms with Crippen molar-refractivity contribution in [3.63, 3.8) is 0 Å². The van der Waals surface area contributed by atoms with E-state index in [9.17, 15) is 9.59 Å². The number of carbonyl (C=O) groups is 2. The van der Waals surface area contributed by atoms with Gasteiger partial charge in [-0.2, -0.15) is 0 Å². The van der Waals surface area contributed by atoms with E-state index in [2.05, 4.69) is 0 Å². The Morgan fingerprint density at radius 2 is 2.16 bits per heavy atom. The molecular weight excluding hydrogens is 286 g/mol. The van der Waals surface area contributed by atoms with Crippen molar-refractivity contribution < 1.29 is 14.7 Å². The molecule has 1 aliphatic heterocycles. The Balaban J connectivity index is 2.25. The average molecular weight is 300 g/mol. The van der Waals surface area contributed by atoms with Crippen molar-refractivity contribution in [1.29, 1.82) is 0 Å². The number of rotatable bonds is 4. The molecule has 1 aliphatic rings. The molecule has 0 aliphatic carbocycles. The second kappa shape index (κ2) is 5.84. The molecule has 1 fully saturated rings. The van der Waals surface area contributed by atoms with Crippen molar-refractivity contribution in [2.75, 3.05) is 6.54 Å². The SMILES string of the molecule is C[C@H]1S[C@@H](c2ccccc2Cl)N(CCC(=O)O)C1=O. The highest BCUT2D eigenvalue weighted by atomic mass is 35.5. The molecule has 1 saturated heterocycles. The van der Waals surface area contributed by atoms with Gasteiger partial charge in [-0.05, 0) is 13.0 Å². The van der Waals surface area contributed by atoms with Crippen LogP contribution >= 0.6 is 23.4 Å². The molecule has 102 valence electrons. The first-order valence-electron chi connectivity index (χ1n) is 5.93. The quantitative estimate of drug-likeness (QED) is 0.929. The van der Waals surface area contributed by atoms with E-state index in [1.165, 1.54) is 11.8 Å². The van der Waals surface area contributed by atoms with E-state index < -0.39 is 5.97 Å². The molecule has 0 spiro atoms. The van der Waals surface area contributed by atoms with Crippen LogP contribution in [0.25, 0.3) is 0 Å². The minimum Gasteiger partial charge on any atom is -0.481 e. The molecule has 6 heteroatoms. The maximum Gasteiger partial charge on any atom is 0.305 e. The third-order valence-corrected chi connectivity index (χ3v) is 4.71. The van der Waals surface area contributed by atoms with Crippen LogP contribution < -0.4 is 0 Å². The molecule has 0 aromatic heterocycles. The zero-order valence-electron chi connectivity index (χ0n) is 10.4. The van der Waals surface area contributed by atoms with Gasteiger partial charge in [0.25, 0.3) is 0 Å². The second-order valence-electron chi connectivity index (χ2n) is 4.33. The Bertz CT molecular complexity index is 508. The van der Waals surface area contributed by atoms with E-state index in [4.69, 9.17) is 16.7 Å². The molecule has 0 unspecified atom stereocenters. The fourth-order valence-corrected chi connectivity index (χ4v) is 3.68. The zero-order chi connectivity index (χ0) is 14.0. The normalized spacial score (nSPS) is 22.8. The molecule has 2 atom stereocenters. The highest BCUT2D eigenvalue weighted by Gasteiger charge is 2.39. The van der Waals surface area contributed by atoms with Gasteiger partial charge < -0.3 is 10.0 Å². The fourth-order valence-electron chi connectivity index (χ4n) is 2.03. The van der Waals surface area contributed by atoms with Gasteiger partial charge in [0.2, 0.25) is 5.91 Å². The molecule has 1 aromatic carbocycles. The molecule has 2 rings (SSSR count). The standard InChI is InChI=1S/C13H14ClNO3S/c1-8-12(18)15(7-6-11(16)17)13(19-8)9-4-2-3-5-10(9)14/h2-5,8,13H,6-7H2,1H3,(H,16,17)/t8-,13+/m1/s1. The molecule has 1 amide bonds. The van der Waals surface area contributed by atoms with Crippen LogP contribution in [0.4, 0.5) is 0 Å². The van der Waals surface area contributed by atoms with Crippen LogP contribution in [0, 0.1) is 0 Å². The molecule has 4 nitrogen and oxygen atoms in total. The Morgan fingerprint density at radius 1 is 1.47 bits per heavy atom. The van der Waals surface area contributed by atoms with Crippen LogP contribution in [0.3, 0.4) is 0 Å². The predicted molar refractivity (Wildman–Crippen MR) is 75.2 cm³/mol. The van der Waals surface area contributed by atoms with Gasteiger partial charge in [-0.25, -0.2) is 0 Å². The molecular formula is C13H14ClNO3S. The summed E-state index contributed by atoms with van der Waals surface area (Å²) in [5.41, 5.74) is 0.859. The number of carboxylic acid groups (broad SMARTS) is 1. The summed E-state index contributed by atoms with van der Waals surface area (Å²) in [6.45, 7) is 2.04. The lowest BCUT2D eigenvalue weighted by Gasteiger charge is -2.24. The third kappa shape index (κ3) is 3.04. The topological polar surface area (TPSA) is 57.6 Å². The lowest BCUT2D eigenvalue weighted by atomic mass is 10.2. The van der Waals surface area contributed by atoms with E-state index in [0.29, 0.717) is 5.02 Å². The van der Waals surface area contributed by atoms with Gasteiger partial charge in [-0.1, -0.05) is 29.8 Å². The number of hydrogen-bond acceptors (Lipinski definition) is 3. The molecule has 1 aromatic rings. The van der Waals surface area contributed by atoms with E-state index >= 15 is 0 Å². The molecule has 1 N–H and O–H groups in total. The van der Waals surface area contributed by atoms with Crippen molar-refractivity contribution in [2.24, 2.45) is 0 Å².